The van der Waals surface area contributed by atoms with Crippen LogP contribution in [-0.2, 0) is 4.79 Å². The summed E-state index contributed by atoms with van der Waals surface area (Å²) in [6.07, 6.45) is 1.71. The molecular formula is C12H13N3O. The summed E-state index contributed by atoms with van der Waals surface area (Å²) < 4.78 is 0. The minimum Gasteiger partial charge on any atom is -0.294 e. The van der Waals surface area contributed by atoms with Crippen LogP contribution in [0.2, 0.25) is 0 Å². The summed E-state index contributed by atoms with van der Waals surface area (Å²) in [5.74, 6) is 0.211. The number of nitrogens with one attached hydrogen (secondary N) is 1. The van der Waals surface area contributed by atoms with Crippen molar-refractivity contribution in [2.75, 3.05) is 5.32 Å². The number of hydrogen-bond donors (Lipinski definition) is 1. The molecular weight excluding hydrogens is 202 g/mol. The number of hydrogen-bond acceptors (Lipinski definition) is 3. The average molecular weight is 215 g/mol. The van der Waals surface area contributed by atoms with Crippen LogP contribution in [-0.4, -0.2) is 15.9 Å². The lowest BCUT2D eigenvalue weighted by atomic mass is 10.2. The molecule has 4 nitrogen and oxygen atoms in total. The van der Waals surface area contributed by atoms with Crippen molar-refractivity contribution in [3.05, 3.63) is 30.5 Å². The molecule has 0 fully saturated rings. The van der Waals surface area contributed by atoms with E-state index in [1.807, 2.05) is 38.1 Å². The summed E-state index contributed by atoms with van der Waals surface area (Å²) in [7, 11) is 0. The fourth-order valence-electron chi connectivity index (χ4n) is 1.29. The van der Waals surface area contributed by atoms with E-state index in [9.17, 15) is 4.79 Å². The highest BCUT2D eigenvalue weighted by molar-refractivity contribution is 5.91. The Morgan fingerprint density at radius 2 is 2.06 bits per heavy atom. The molecule has 1 amide bonds. The molecule has 0 saturated heterocycles. The fraction of sp³-hybridized carbons (Fsp3) is 0.250. The summed E-state index contributed by atoms with van der Waals surface area (Å²) in [5, 5.41) is 3.64. The second kappa shape index (κ2) is 4.26. The second-order valence-corrected chi connectivity index (χ2v) is 3.90. The van der Waals surface area contributed by atoms with Crippen LogP contribution in [0.5, 0.6) is 0 Å². The van der Waals surface area contributed by atoms with Crippen LogP contribution < -0.4 is 5.32 Å². The van der Waals surface area contributed by atoms with E-state index in [-0.39, 0.29) is 11.8 Å². The molecule has 0 aliphatic carbocycles. The molecule has 0 bridgehead atoms. The lowest BCUT2D eigenvalue weighted by molar-refractivity contribution is -0.118. The van der Waals surface area contributed by atoms with E-state index in [4.69, 9.17) is 0 Å². The SMILES string of the molecule is CC(C)C(=O)Nc1ncc2ccccc2n1. The molecule has 1 aromatic carbocycles. The Balaban J connectivity index is 2.29. The van der Waals surface area contributed by atoms with Gasteiger partial charge in [0, 0.05) is 17.5 Å². The Kier molecular flexibility index (Phi) is 2.81. The number of carbonyl (C=O) groups is 1. The molecule has 0 radical (unpaired) electrons. The van der Waals surface area contributed by atoms with Gasteiger partial charge in [-0.05, 0) is 6.07 Å². The Morgan fingerprint density at radius 1 is 1.31 bits per heavy atom. The monoisotopic (exact) mass is 215 g/mol. The Bertz CT molecular complexity index is 522. The first-order valence-electron chi connectivity index (χ1n) is 5.19. The standard InChI is InChI=1S/C12H13N3O/c1-8(2)11(16)15-12-13-7-9-5-3-4-6-10(9)14-12/h3-8H,1-2H3,(H,13,14,15,16). The van der Waals surface area contributed by atoms with Gasteiger partial charge in [-0.25, -0.2) is 9.97 Å². The highest BCUT2D eigenvalue weighted by Gasteiger charge is 2.08. The number of carbonyl (C=O) groups excluding carboxylic acids is 1. The van der Waals surface area contributed by atoms with E-state index >= 15 is 0 Å². The number of anilines is 1. The molecule has 2 aromatic rings. The van der Waals surface area contributed by atoms with Crippen molar-refractivity contribution < 1.29 is 4.79 Å². The number of amides is 1. The quantitative estimate of drug-likeness (QED) is 0.835. The highest BCUT2D eigenvalue weighted by atomic mass is 16.1. The van der Waals surface area contributed by atoms with E-state index in [1.165, 1.54) is 0 Å². The average Bonchev–Trinajstić information content (AvgIpc) is 2.28. The number of benzene rings is 1. The molecule has 16 heavy (non-hydrogen) atoms. The van der Waals surface area contributed by atoms with Crippen LogP contribution in [0.1, 0.15) is 13.8 Å². The summed E-state index contributed by atoms with van der Waals surface area (Å²) in [6, 6.07) is 7.66. The first-order chi connectivity index (χ1) is 7.66. The van der Waals surface area contributed by atoms with Gasteiger partial charge in [0.1, 0.15) is 0 Å². The Morgan fingerprint density at radius 3 is 2.81 bits per heavy atom. The molecule has 1 aromatic heterocycles. The van der Waals surface area contributed by atoms with Crippen molar-refractivity contribution in [3.8, 4) is 0 Å². The largest absolute Gasteiger partial charge is 0.294 e. The van der Waals surface area contributed by atoms with Crippen molar-refractivity contribution in [1.82, 2.24) is 9.97 Å². The van der Waals surface area contributed by atoms with Gasteiger partial charge in [-0.1, -0.05) is 32.0 Å². The zero-order valence-corrected chi connectivity index (χ0v) is 9.27. The van der Waals surface area contributed by atoms with Crippen LogP contribution in [0.4, 0.5) is 5.95 Å². The third kappa shape index (κ3) is 2.16. The zero-order chi connectivity index (χ0) is 11.5. The number of aromatic nitrogens is 2. The molecule has 0 spiro atoms. The molecule has 0 unspecified atom stereocenters. The van der Waals surface area contributed by atoms with Gasteiger partial charge in [0.25, 0.3) is 0 Å². The first kappa shape index (κ1) is 10.5. The molecule has 0 aliphatic heterocycles. The molecule has 0 aliphatic rings. The lowest BCUT2D eigenvalue weighted by Crippen LogP contribution is -2.19. The van der Waals surface area contributed by atoms with E-state index in [2.05, 4.69) is 15.3 Å². The Hall–Kier alpha value is -1.97. The van der Waals surface area contributed by atoms with E-state index < -0.39 is 0 Å². The van der Waals surface area contributed by atoms with Gasteiger partial charge < -0.3 is 0 Å². The molecule has 0 saturated carbocycles. The minimum atomic E-state index is -0.0740. The molecule has 1 heterocycles. The molecule has 2 rings (SSSR count). The van der Waals surface area contributed by atoms with Gasteiger partial charge in [0.15, 0.2) is 0 Å². The van der Waals surface area contributed by atoms with E-state index in [0.717, 1.165) is 10.9 Å². The van der Waals surface area contributed by atoms with Gasteiger partial charge >= 0.3 is 0 Å². The van der Waals surface area contributed by atoms with Crippen molar-refractivity contribution in [3.63, 3.8) is 0 Å². The maximum absolute atomic E-state index is 11.5. The number of para-hydroxylation sites is 1. The summed E-state index contributed by atoms with van der Waals surface area (Å²) in [5.41, 5.74) is 0.830. The lowest BCUT2D eigenvalue weighted by Gasteiger charge is -2.06. The van der Waals surface area contributed by atoms with Crippen molar-refractivity contribution in [2.24, 2.45) is 5.92 Å². The first-order valence-corrected chi connectivity index (χ1v) is 5.19. The number of nitrogens with zero attached hydrogens (tertiary/aromatic N) is 2. The summed E-state index contributed by atoms with van der Waals surface area (Å²) >= 11 is 0. The Labute approximate surface area is 93.7 Å². The predicted molar refractivity (Wildman–Crippen MR) is 63.0 cm³/mol. The van der Waals surface area contributed by atoms with Crippen molar-refractivity contribution >= 4 is 22.8 Å². The maximum Gasteiger partial charge on any atom is 0.229 e. The minimum absolute atomic E-state index is 0.0738. The third-order valence-corrected chi connectivity index (χ3v) is 2.25. The van der Waals surface area contributed by atoms with Crippen LogP contribution in [0.3, 0.4) is 0 Å². The fourth-order valence-corrected chi connectivity index (χ4v) is 1.29. The third-order valence-electron chi connectivity index (χ3n) is 2.25. The van der Waals surface area contributed by atoms with Gasteiger partial charge in [0.05, 0.1) is 5.52 Å². The maximum atomic E-state index is 11.5. The van der Waals surface area contributed by atoms with Crippen molar-refractivity contribution in [2.45, 2.75) is 13.8 Å². The van der Waals surface area contributed by atoms with Crippen LogP contribution >= 0.6 is 0 Å². The smallest absolute Gasteiger partial charge is 0.229 e. The van der Waals surface area contributed by atoms with Crippen LogP contribution in [0.15, 0.2) is 30.5 Å². The second-order valence-electron chi connectivity index (χ2n) is 3.90. The van der Waals surface area contributed by atoms with E-state index in [0.29, 0.717) is 5.95 Å². The predicted octanol–water partition coefficient (Wildman–Crippen LogP) is 2.22. The van der Waals surface area contributed by atoms with Crippen molar-refractivity contribution in [1.29, 1.82) is 0 Å². The topological polar surface area (TPSA) is 54.9 Å². The van der Waals surface area contributed by atoms with Gasteiger partial charge in [-0.15, -0.1) is 0 Å². The van der Waals surface area contributed by atoms with Crippen LogP contribution in [0, 0.1) is 5.92 Å². The van der Waals surface area contributed by atoms with Crippen LogP contribution in [0.25, 0.3) is 10.9 Å². The summed E-state index contributed by atoms with van der Waals surface area (Å²) in [4.78, 5) is 19.8. The van der Waals surface area contributed by atoms with Gasteiger partial charge in [0.2, 0.25) is 11.9 Å². The number of fused-ring (bicyclic) bond motifs is 1. The molecule has 82 valence electrons. The summed E-state index contributed by atoms with van der Waals surface area (Å²) in [6.45, 7) is 3.66. The zero-order valence-electron chi connectivity index (χ0n) is 9.27. The normalized spacial score (nSPS) is 10.7. The van der Waals surface area contributed by atoms with E-state index in [1.54, 1.807) is 6.20 Å². The van der Waals surface area contributed by atoms with Gasteiger partial charge in [-0.2, -0.15) is 0 Å². The molecule has 4 heteroatoms. The molecule has 0 atom stereocenters. The molecule has 1 N–H and O–H groups in total. The highest BCUT2D eigenvalue weighted by Crippen LogP contribution is 2.12. The van der Waals surface area contributed by atoms with Gasteiger partial charge in [-0.3, -0.25) is 10.1 Å². The number of rotatable bonds is 2.